The summed E-state index contributed by atoms with van der Waals surface area (Å²) in [4.78, 5) is 13.9. The number of likely N-dealkylation sites (tertiary alicyclic amines) is 1. The fourth-order valence-corrected chi connectivity index (χ4v) is 2.23. The van der Waals surface area contributed by atoms with Crippen molar-refractivity contribution in [3.05, 3.63) is 42.0 Å². The zero-order valence-corrected chi connectivity index (χ0v) is 10.3. The van der Waals surface area contributed by atoms with Gasteiger partial charge in [-0.15, -0.1) is 0 Å². The Bertz CT molecular complexity index is 397. The van der Waals surface area contributed by atoms with Gasteiger partial charge in [-0.05, 0) is 30.4 Å². The Morgan fingerprint density at radius 3 is 2.82 bits per heavy atom. The van der Waals surface area contributed by atoms with Gasteiger partial charge < -0.3 is 4.90 Å². The predicted octanol–water partition coefficient (Wildman–Crippen LogP) is 2.96. The first kappa shape index (κ1) is 11.9. The molecule has 1 saturated heterocycles. The Hall–Kier alpha value is -1.57. The normalized spacial score (nSPS) is 20.8. The van der Waals surface area contributed by atoms with Crippen LogP contribution in [0.25, 0.3) is 6.08 Å². The number of hydrogen-bond donors (Lipinski definition) is 0. The van der Waals surface area contributed by atoms with Crippen LogP contribution in [0.1, 0.15) is 25.3 Å². The van der Waals surface area contributed by atoms with Crippen molar-refractivity contribution in [3.8, 4) is 0 Å². The van der Waals surface area contributed by atoms with Crippen molar-refractivity contribution in [3.63, 3.8) is 0 Å². The third-order valence-electron chi connectivity index (χ3n) is 3.19. The monoisotopic (exact) mass is 229 g/mol. The van der Waals surface area contributed by atoms with Crippen LogP contribution in [0, 0.1) is 5.92 Å². The molecule has 0 radical (unpaired) electrons. The molecule has 0 N–H and O–H groups in total. The van der Waals surface area contributed by atoms with E-state index in [2.05, 4.69) is 6.92 Å². The third kappa shape index (κ3) is 3.45. The SMILES string of the molecule is CC1CCCN(C(=O)C=Cc2ccccc2)C1. The molecule has 0 aromatic heterocycles. The molecule has 2 rings (SSSR count). The molecule has 1 aromatic carbocycles. The molecule has 1 fully saturated rings. The van der Waals surface area contributed by atoms with Crippen LogP contribution in [0.3, 0.4) is 0 Å². The lowest BCUT2D eigenvalue weighted by molar-refractivity contribution is -0.127. The molecule has 0 spiro atoms. The number of carbonyl (C=O) groups excluding carboxylic acids is 1. The molecule has 1 heterocycles. The Labute approximate surface area is 103 Å². The van der Waals surface area contributed by atoms with E-state index in [4.69, 9.17) is 0 Å². The maximum Gasteiger partial charge on any atom is 0.246 e. The van der Waals surface area contributed by atoms with E-state index in [1.54, 1.807) is 6.08 Å². The maximum atomic E-state index is 12.0. The number of nitrogens with zero attached hydrogens (tertiary/aromatic N) is 1. The van der Waals surface area contributed by atoms with E-state index in [0.29, 0.717) is 5.92 Å². The summed E-state index contributed by atoms with van der Waals surface area (Å²) in [7, 11) is 0. The minimum absolute atomic E-state index is 0.139. The van der Waals surface area contributed by atoms with Crippen molar-refractivity contribution in [2.75, 3.05) is 13.1 Å². The van der Waals surface area contributed by atoms with Crippen LogP contribution >= 0.6 is 0 Å². The molecular formula is C15H19NO. The molecule has 0 aliphatic carbocycles. The topological polar surface area (TPSA) is 20.3 Å². The van der Waals surface area contributed by atoms with Gasteiger partial charge in [0.15, 0.2) is 0 Å². The number of rotatable bonds is 2. The van der Waals surface area contributed by atoms with E-state index >= 15 is 0 Å². The minimum atomic E-state index is 0.139. The molecule has 0 saturated carbocycles. The van der Waals surface area contributed by atoms with Crippen molar-refractivity contribution in [2.24, 2.45) is 5.92 Å². The summed E-state index contributed by atoms with van der Waals surface area (Å²) in [5.41, 5.74) is 1.07. The first-order chi connectivity index (χ1) is 8.25. The summed E-state index contributed by atoms with van der Waals surface area (Å²) in [6.07, 6.45) is 5.95. The number of carbonyl (C=O) groups is 1. The molecule has 2 heteroatoms. The molecule has 1 aliphatic heterocycles. The van der Waals surface area contributed by atoms with Gasteiger partial charge in [0.2, 0.25) is 5.91 Å². The fraction of sp³-hybridized carbons (Fsp3) is 0.400. The minimum Gasteiger partial charge on any atom is -0.339 e. The summed E-state index contributed by atoms with van der Waals surface area (Å²) in [5, 5.41) is 0. The van der Waals surface area contributed by atoms with Crippen LogP contribution < -0.4 is 0 Å². The smallest absolute Gasteiger partial charge is 0.246 e. The van der Waals surface area contributed by atoms with Gasteiger partial charge in [0.1, 0.15) is 0 Å². The first-order valence-electron chi connectivity index (χ1n) is 6.28. The molecular weight excluding hydrogens is 210 g/mol. The maximum absolute atomic E-state index is 12.0. The molecule has 2 nitrogen and oxygen atoms in total. The lowest BCUT2D eigenvalue weighted by Gasteiger charge is -2.30. The second kappa shape index (κ2) is 5.67. The highest BCUT2D eigenvalue weighted by Crippen LogP contribution is 2.15. The summed E-state index contributed by atoms with van der Waals surface area (Å²) in [5.74, 6) is 0.776. The molecule has 1 aliphatic rings. The Kier molecular flexibility index (Phi) is 3.97. The molecule has 1 unspecified atom stereocenters. The quantitative estimate of drug-likeness (QED) is 0.714. The fourth-order valence-electron chi connectivity index (χ4n) is 2.23. The van der Waals surface area contributed by atoms with Gasteiger partial charge in [-0.1, -0.05) is 37.3 Å². The van der Waals surface area contributed by atoms with Crippen molar-refractivity contribution >= 4 is 12.0 Å². The molecule has 1 amide bonds. The summed E-state index contributed by atoms with van der Waals surface area (Å²) in [6, 6.07) is 9.94. The Morgan fingerprint density at radius 2 is 2.12 bits per heavy atom. The number of benzene rings is 1. The van der Waals surface area contributed by atoms with E-state index in [9.17, 15) is 4.79 Å². The van der Waals surface area contributed by atoms with Crippen molar-refractivity contribution in [2.45, 2.75) is 19.8 Å². The Morgan fingerprint density at radius 1 is 1.35 bits per heavy atom. The van der Waals surface area contributed by atoms with Crippen molar-refractivity contribution < 1.29 is 4.79 Å². The molecule has 1 atom stereocenters. The van der Waals surface area contributed by atoms with Crippen molar-refractivity contribution in [1.29, 1.82) is 0 Å². The van der Waals surface area contributed by atoms with Gasteiger partial charge in [0, 0.05) is 19.2 Å². The summed E-state index contributed by atoms with van der Waals surface area (Å²) < 4.78 is 0. The highest BCUT2D eigenvalue weighted by Gasteiger charge is 2.18. The van der Waals surface area contributed by atoms with Crippen molar-refractivity contribution in [1.82, 2.24) is 4.90 Å². The van der Waals surface area contributed by atoms with Gasteiger partial charge in [0.05, 0.1) is 0 Å². The third-order valence-corrected chi connectivity index (χ3v) is 3.19. The predicted molar refractivity (Wildman–Crippen MR) is 70.5 cm³/mol. The number of hydrogen-bond acceptors (Lipinski definition) is 1. The van der Waals surface area contributed by atoms with Crippen LogP contribution in [-0.4, -0.2) is 23.9 Å². The molecule has 1 aromatic rings. The Balaban J connectivity index is 1.94. The highest BCUT2D eigenvalue weighted by molar-refractivity contribution is 5.91. The van der Waals surface area contributed by atoms with E-state index in [-0.39, 0.29) is 5.91 Å². The van der Waals surface area contributed by atoms with Crippen LogP contribution in [0.5, 0.6) is 0 Å². The second-order valence-corrected chi connectivity index (χ2v) is 4.78. The van der Waals surface area contributed by atoms with Crippen LogP contribution in [0.4, 0.5) is 0 Å². The largest absolute Gasteiger partial charge is 0.339 e. The zero-order valence-electron chi connectivity index (χ0n) is 10.3. The lowest BCUT2D eigenvalue weighted by Crippen LogP contribution is -2.38. The van der Waals surface area contributed by atoms with E-state index in [0.717, 1.165) is 25.1 Å². The van der Waals surface area contributed by atoms with Gasteiger partial charge in [-0.3, -0.25) is 4.79 Å². The molecule has 90 valence electrons. The molecule has 0 bridgehead atoms. The van der Waals surface area contributed by atoms with Gasteiger partial charge in [-0.2, -0.15) is 0 Å². The average Bonchev–Trinajstić information content (AvgIpc) is 2.37. The summed E-state index contributed by atoms with van der Waals surface area (Å²) >= 11 is 0. The van der Waals surface area contributed by atoms with Gasteiger partial charge in [-0.25, -0.2) is 0 Å². The van der Waals surface area contributed by atoms with E-state index < -0.39 is 0 Å². The van der Waals surface area contributed by atoms with Crippen LogP contribution in [0.2, 0.25) is 0 Å². The lowest BCUT2D eigenvalue weighted by atomic mass is 10.0. The average molecular weight is 229 g/mol. The van der Waals surface area contributed by atoms with Crippen LogP contribution in [-0.2, 0) is 4.79 Å². The van der Waals surface area contributed by atoms with Crippen LogP contribution in [0.15, 0.2) is 36.4 Å². The van der Waals surface area contributed by atoms with Gasteiger partial charge >= 0.3 is 0 Å². The first-order valence-corrected chi connectivity index (χ1v) is 6.28. The highest BCUT2D eigenvalue weighted by atomic mass is 16.2. The summed E-state index contributed by atoms with van der Waals surface area (Å²) in [6.45, 7) is 4.01. The van der Waals surface area contributed by atoms with Gasteiger partial charge in [0.25, 0.3) is 0 Å². The molecule has 17 heavy (non-hydrogen) atoms. The van der Waals surface area contributed by atoms with E-state index in [1.165, 1.54) is 6.42 Å². The second-order valence-electron chi connectivity index (χ2n) is 4.78. The number of amides is 1. The standard InChI is InChI=1S/C15H19NO/c1-13-6-5-11-16(12-13)15(17)10-9-14-7-3-2-4-8-14/h2-4,7-10,13H,5-6,11-12H2,1H3. The number of piperidine rings is 1. The van der Waals surface area contributed by atoms with E-state index in [1.807, 2.05) is 41.3 Å². The zero-order chi connectivity index (χ0) is 12.1.